The van der Waals surface area contributed by atoms with Crippen molar-refractivity contribution in [2.24, 2.45) is 10.7 Å². The van der Waals surface area contributed by atoms with Crippen molar-refractivity contribution in [1.29, 1.82) is 0 Å². The number of nitrogens with zero attached hydrogens (tertiary/aromatic N) is 2. The fourth-order valence-electron chi connectivity index (χ4n) is 2.16. The highest BCUT2D eigenvalue weighted by atomic mass is 35.5. The molecule has 7 nitrogen and oxygen atoms in total. The van der Waals surface area contributed by atoms with Crippen molar-refractivity contribution in [3.8, 4) is 5.75 Å². The van der Waals surface area contributed by atoms with E-state index in [0.717, 1.165) is 5.56 Å². The third-order valence-corrected chi connectivity index (χ3v) is 4.15. The molecule has 0 aliphatic carbocycles. The second kappa shape index (κ2) is 7.47. The van der Waals surface area contributed by atoms with Crippen molar-refractivity contribution < 1.29 is 9.90 Å². The van der Waals surface area contributed by atoms with Crippen LogP contribution >= 0.6 is 23.2 Å². The molecule has 0 spiro atoms. The highest BCUT2D eigenvalue weighted by Crippen LogP contribution is 2.30. The standard InChI is InChI=1S/C17H13Cl2N5O2/c18-12-6-3-10(7-13(12)19)22-17-14(15(20)26)16(23-24-17)21-8-9-1-4-11(25)5-2-9/h1-8,25H,(H2,20,26)(H2,22,23,24). The van der Waals surface area contributed by atoms with Gasteiger partial charge in [-0.1, -0.05) is 23.2 Å². The Hall–Kier alpha value is -3.03. The molecule has 2 aromatic carbocycles. The number of hydrogen-bond donors (Lipinski definition) is 4. The van der Waals surface area contributed by atoms with E-state index in [1.165, 1.54) is 18.3 Å². The number of nitrogens with one attached hydrogen (secondary N) is 2. The van der Waals surface area contributed by atoms with Gasteiger partial charge in [-0.15, -0.1) is 0 Å². The van der Waals surface area contributed by atoms with Gasteiger partial charge in [0.1, 0.15) is 17.1 Å². The van der Waals surface area contributed by atoms with Gasteiger partial charge < -0.3 is 16.2 Å². The molecule has 0 fully saturated rings. The van der Waals surface area contributed by atoms with E-state index in [1.54, 1.807) is 30.3 Å². The number of carbonyl (C=O) groups excluding carboxylic acids is 1. The number of phenols is 1. The Kier molecular flexibility index (Phi) is 5.11. The molecule has 1 amide bonds. The van der Waals surface area contributed by atoms with Crippen LogP contribution in [0.5, 0.6) is 5.75 Å². The molecule has 0 atom stereocenters. The zero-order chi connectivity index (χ0) is 18.7. The van der Waals surface area contributed by atoms with E-state index >= 15 is 0 Å². The minimum Gasteiger partial charge on any atom is -0.508 e. The van der Waals surface area contributed by atoms with Crippen molar-refractivity contribution in [1.82, 2.24) is 10.2 Å². The van der Waals surface area contributed by atoms with Crippen LogP contribution in [0.3, 0.4) is 0 Å². The maximum absolute atomic E-state index is 11.8. The van der Waals surface area contributed by atoms with Gasteiger partial charge in [-0.25, -0.2) is 4.99 Å². The van der Waals surface area contributed by atoms with Crippen molar-refractivity contribution >= 4 is 52.6 Å². The zero-order valence-corrected chi connectivity index (χ0v) is 14.7. The topological polar surface area (TPSA) is 116 Å². The third kappa shape index (κ3) is 3.96. The van der Waals surface area contributed by atoms with Crippen LogP contribution < -0.4 is 11.1 Å². The minimum absolute atomic E-state index is 0.103. The average molecular weight is 390 g/mol. The van der Waals surface area contributed by atoms with Gasteiger partial charge in [0.2, 0.25) is 0 Å². The summed E-state index contributed by atoms with van der Waals surface area (Å²) in [6, 6.07) is 11.3. The number of nitrogens with two attached hydrogens (primary N) is 1. The summed E-state index contributed by atoms with van der Waals surface area (Å²) < 4.78 is 0. The lowest BCUT2D eigenvalue weighted by atomic mass is 10.2. The molecule has 26 heavy (non-hydrogen) atoms. The van der Waals surface area contributed by atoms with Crippen molar-refractivity contribution in [2.75, 3.05) is 5.32 Å². The van der Waals surface area contributed by atoms with Gasteiger partial charge in [0.15, 0.2) is 5.82 Å². The Morgan fingerprint density at radius 2 is 1.92 bits per heavy atom. The van der Waals surface area contributed by atoms with Crippen molar-refractivity contribution in [3.63, 3.8) is 0 Å². The van der Waals surface area contributed by atoms with Gasteiger partial charge in [0, 0.05) is 11.9 Å². The second-order valence-electron chi connectivity index (χ2n) is 5.27. The molecule has 0 radical (unpaired) electrons. The van der Waals surface area contributed by atoms with Gasteiger partial charge in [-0.2, -0.15) is 5.10 Å². The lowest BCUT2D eigenvalue weighted by Crippen LogP contribution is -2.12. The van der Waals surface area contributed by atoms with Crippen LogP contribution in [0.4, 0.5) is 17.3 Å². The molecule has 9 heteroatoms. The van der Waals surface area contributed by atoms with Gasteiger partial charge >= 0.3 is 0 Å². The number of anilines is 2. The van der Waals surface area contributed by atoms with Crippen molar-refractivity contribution in [2.45, 2.75) is 0 Å². The maximum Gasteiger partial charge on any atom is 0.256 e. The third-order valence-electron chi connectivity index (χ3n) is 3.41. The maximum atomic E-state index is 11.8. The van der Waals surface area contributed by atoms with E-state index in [0.29, 0.717) is 15.7 Å². The number of phenolic OH excluding ortho intramolecular Hbond substituents is 1. The summed E-state index contributed by atoms with van der Waals surface area (Å²) >= 11 is 11.9. The number of carbonyl (C=O) groups is 1. The number of aromatic hydroxyl groups is 1. The number of aromatic nitrogens is 2. The number of halogens is 2. The highest BCUT2D eigenvalue weighted by molar-refractivity contribution is 6.42. The molecule has 132 valence electrons. The Balaban J connectivity index is 1.89. The van der Waals surface area contributed by atoms with Gasteiger partial charge in [-0.3, -0.25) is 9.89 Å². The Morgan fingerprint density at radius 1 is 1.19 bits per heavy atom. The second-order valence-corrected chi connectivity index (χ2v) is 6.08. The van der Waals surface area contributed by atoms with E-state index in [2.05, 4.69) is 20.5 Å². The molecule has 3 rings (SSSR count). The van der Waals surface area contributed by atoms with Crippen LogP contribution in [0.25, 0.3) is 0 Å². The Morgan fingerprint density at radius 3 is 2.58 bits per heavy atom. The molecule has 1 aromatic heterocycles. The Labute approximate surface area is 158 Å². The monoisotopic (exact) mass is 389 g/mol. The van der Waals surface area contributed by atoms with Gasteiger partial charge in [0.25, 0.3) is 5.91 Å². The number of hydrogen-bond acceptors (Lipinski definition) is 5. The first-order chi connectivity index (χ1) is 12.4. The SMILES string of the molecule is NC(=O)c1c(N=Cc2ccc(O)cc2)n[nH]c1Nc1ccc(Cl)c(Cl)c1. The predicted octanol–water partition coefficient (Wildman–Crippen LogP) is 4.02. The smallest absolute Gasteiger partial charge is 0.256 e. The van der Waals surface area contributed by atoms with Crippen LogP contribution in [0.15, 0.2) is 47.5 Å². The molecule has 3 aromatic rings. The molecule has 0 aliphatic rings. The van der Waals surface area contributed by atoms with Crippen LogP contribution in [-0.4, -0.2) is 27.4 Å². The molecule has 0 bridgehead atoms. The summed E-state index contributed by atoms with van der Waals surface area (Å²) in [5.41, 5.74) is 6.89. The van der Waals surface area contributed by atoms with E-state index < -0.39 is 5.91 Å². The fourth-order valence-corrected chi connectivity index (χ4v) is 2.46. The summed E-state index contributed by atoms with van der Waals surface area (Å²) in [5, 5.41) is 19.7. The number of primary amides is 1. The lowest BCUT2D eigenvalue weighted by molar-refractivity contribution is 0.100. The molecular formula is C17H13Cl2N5O2. The number of amides is 1. The van der Waals surface area contributed by atoms with E-state index in [9.17, 15) is 9.90 Å². The van der Waals surface area contributed by atoms with Gasteiger partial charge in [0.05, 0.1) is 10.0 Å². The number of aliphatic imine (C=N–C) groups is 1. The first-order valence-electron chi connectivity index (χ1n) is 7.37. The quantitative estimate of drug-likeness (QED) is 0.493. The van der Waals surface area contributed by atoms with Gasteiger partial charge in [-0.05, 0) is 48.0 Å². The predicted molar refractivity (Wildman–Crippen MR) is 102 cm³/mol. The first kappa shape index (κ1) is 17.8. The molecule has 1 heterocycles. The highest BCUT2D eigenvalue weighted by Gasteiger charge is 2.18. The van der Waals surface area contributed by atoms with Crippen LogP contribution in [0.1, 0.15) is 15.9 Å². The zero-order valence-electron chi connectivity index (χ0n) is 13.2. The summed E-state index contributed by atoms with van der Waals surface area (Å²) in [6.45, 7) is 0. The molecule has 0 saturated heterocycles. The molecule has 5 N–H and O–H groups in total. The lowest BCUT2D eigenvalue weighted by Gasteiger charge is -2.06. The van der Waals surface area contributed by atoms with E-state index in [1.807, 2.05) is 0 Å². The molecule has 0 unspecified atom stereocenters. The summed E-state index contributed by atoms with van der Waals surface area (Å²) in [5.74, 6) is -0.131. The largest absolute Gasteiger partial charge is 0.508 e. The summed E-state index contributed by atoms with van der Waals surface area (Å²) in [4.78, 5) is 16.0. The number of benzene rings is 2. The number of H-pyrrole nitrogens is 1. The summed E-state index contributed by atoms with van der Waals surface area (Å²) in [7, 11) is 0. The van der Waals surface area contributed by atoms with E-state index in [-0.39, 0.29) is 22.9 Å². The van der Waals surface area contributed by atoms with E-state index in [4.69, 9.17) is 28.9 Å². The molecular weight excluding hydrogens is 377 g/mol. The fraction of sp³-hybridized carbons (Fsp3) is 0. The average Bonchev–Trinajstić information content (AvgIpc) is 3.00. The summed E-state index contributed by atoms with van der Waals surface area (Å²) in [6.07, 6.45) is 1.50. The molecule has 0 aliphatic heterocycles. The molecule has 0 saturated carbocycles. The number of aromatic amines is 1. The van der Waals surface area contributed by atoms with Crippen LogP contribution in [-0.2, 0) is 0 Å². The number of rotatable bonds is 5. The first-order valence-corrected chi connectivity index (χ1v) is 8.13. The van der Waals surface area contributed by atoms with Crippen LogP contribution in [0, 0.1) is 0 Å². The minimum atomic E-state index is -0.695. The van der Waals surface area contributed by atoms with Crippen LogP contribution in [0.2, 0.25) is 10.0 Å². The normalized spacial score (nSPS) is 11.0. The Bertz CT molecular complexity index is 983. The van der Waals surface area contributed by atoms with Crippen molar-refractivity contribution in [3.05, 3.63) is 63.6 Å².